The Bertz CT molecular complexity index is 263. The number of hydrogen-bond acceptors (Lipinski definition) is 3. The predicted molar refractivity (Wildman–Crippen MR) is 60.3 cm³/mol. The number of anilines is 1. The summed E-state index contributed by atoms with van der Waals surface area (Å²) in [6, 6.07) is 3.43. The Morgan fingerprint density at radius 1 is 1.57 bits per heavy atom. The highest BCUT2D eigenvalue weighted by molar-refractivity contribution is 7.99. The van der Waals surface area contributed by atoms with Crippen molar-refractivity contribution in [2.45, 2.75) is 19.9 Å². The fraction of sp³-hybridized carbons (Fsp3) is 0.500. The van der Waals surface area contributed by atoms with Crippen LogP contribution in [0.2, 0.25) is 0 Å². The van der Waals surface area contributed by atoms with E-state index in [0.717, 1.165) is 17.3 Å². The molecule has 4 heteroatoms. The number of halogens is 1. The van der Waals surface area contributed by atoms with E-state index in [0.29, 0.717) is 6.04 Å². The lowest BCUT2D eigenvalue weighted by molar-refractivity contribution is 0.621. The van der Waals surface area contributed by atoms with Crippen LogP contribution in [0, 0.1) is 5.82 Å². The first-order chi connectivity index (χ1) is 6.72. The molecule has 1 atom stereocenters. The van der Waals surface area contributed by atoms with Gasteiger partial charge in [0, 0.05) is 11.8 Å². The Kier molecular flexibility index (Phi) is 4.73. The Morgan fingerprint density at radius 2 is 2.36 bits per heavy atom. The molecule has 0 amide bonds. The molecule has 0 fully saturated rings. The number of nitrogens with zero attached hydrogens (tertiary/aromatic N) is 1. The maximum atomic E-state index is 12.5. The van der Waals surface area contributed by atoms with E-state index in [1.165, 1.54) is 12.3 Å². The van der Waals surface area contributed by atoms with Crippen LogP contribution in [0.25, 0.3) is 0 Å². The lowest BCUT2D eigenvalue weighted by Crippen LogP contribution is -2.18. The fourth-order valence-corrected chi connectivity index (χ4v) is 1.72. The maximum Gasteiger partial charge on any atom is 0.141 e. The molecule has 1 aromatic rings. The van der Waals surface area contributed by atoms with Gasteiger partial charge in [0.2, 0.25) is 0 Å². The number of hydrogen-bond donors (Lipinski definition) is 1. The number of thioether (sulfide) groups is 1. The monoisotopic (exact) mass is 214 g/mol. The van der Waals surface area contributed by atoms with Crippen LogP contribution in [0.15, 0.2) is 18.3 Å². The van der Waals surface area contributed by atoms with Gasteiger partial charge in [-0.3, -0.25) is 0 Å². The van der Waals surface area contributed by atoms with Crippen molar-refractivity contribution in [3.05, 3.63) is 24.1 Å². The van der Waals surface area contributed by atoms with Crippen molar-refractivity contribution in [3.63, 3.8) is 0 Å². The van der Waals surface area contributed by atoms with E-state index >= 15 is 0 Å². The maximum absolute atomic E-state index is 12.5. The van der Waals surface area contributed by atoms with E-state index in [1.54, 1.807) is 6.07 Å². The van der Waals surface area contributed by atoms with Gasteiger partial charge in [0.25, 0.3) is 0 Å². The van der Waals surface area contributed by atoms with Gasteiger partial charge in [-0.1, -0.05) is 6.92 Å². The average molecular weight is 214 g/mol. The summed E-state index contributed by atoms with van der Waals surface area (Å²) < 4.78 is 12.5. The normalized spacial score (nSPS) is 12.5. The second-order valence-corrected chi connectivity index (χ2v) is 4.39. The molecule has 1 unspecified atom stereocenters. The molecule has 1 rings (SSSR count). The van der Waals surface area contributed by atoms with Crippen molar-refractivity contribution in [3.8, 4) is 0 Å². The van der Waals surface area contributed by atoms with Gasteiger partial charge in [-0.2, -0.15) is 11.8 Å². The van der Waals surface area contributed by atoms with Crippen molar-refractivity contribution in [2.75, 3.05) is 16.8 Å². The number of nitrogens with one attached hydrogen (secondary N) is 1. The fourth-order valence-electron chi connectivity index (χ4n) is 1.05. The highest BCUT2D eigenvalue weighted by Crippen LogP contribution is 2.08. The van der Waals surface area contributed by atoms with Gasteiger partial charge in [-0.25, -0.2) is 9.37 Å². The molecule has 0 aromatic carbocycles. The van der Waals surface area contributed by atoms with E-state index in [9.17, 15) is 4.39 Å². The Hall–Kier alpha value is -0.770. The van der Waals surface area contributed by atoms with E-state index < -0.39 is 0 Å². The molecule has 0 spiro atoms. The molecule has 2 nitrogen and oxygen atoms in total. The van der Waals surface area contributed by atoms with Gasteiger partial charge >= 0.3 is 0 Å². The van der Waals surface area contributed by atoms with Crippen LogP contribution in [0.3, 0.4) is 0 Å². The van der Waals surface area contributed by atoms with Gasteiger partial charge in [0.1, 0.15) is 11.6 Å². The smallest absolute Gasteiger partial charge is 0.141 e. The summed E-state index contributed by atoms with van der Waals surface area (Å²) in [5.41, 5.74) is 0. The Morgan fingerprint density at radius 3 is 2.93 bits per heavy atom. The van der Waals surface area contributed by atoms with Gasteiger partial charge < -0.3 is 5.32 Å². The van der Waals surface area contributed by atoms with Gasteiger partial charge in [0.05, 0.1) is 6.20 Å². The molecule has 0 saturated heterocycles. The van der Waals surface area contributed by atoms with E-state index in [4.69, 9.17) is 0 Å². The van der Waals surface area contributed by atoms with Gasteiger partial charge in [0.15, 0.2) is 0 Å². The average Bonchev–Trinajstić information content (AvgIpc) is 2.18. The van der Waals surface area contributed by atoms with Crippen molar-refractivity contribution in [1.29, 1.82) is 0 Å². The van der Waals surface area contributed by atoms with E-state index in [2.05, 4.69) is 24.1 Å². The molecule has 0 aliphatic heterocycles. The number of aromatic nitrogens is 1. The van der Waals surface area contributed by atoms with Crippen LogP contribution < -0.4 is 5.32 Å². The summed E-state index contributed by atoms with van der Waals surface area (Å²) in [6.07, 6.45) is 1.22. The van der Waals surface area contributed by atoms with Crippen LogP contribution in [0.1, 0.15) is 13.8 Å². The Balaban J connectivity index is 2.39. The Labute approximate surface area is 88.3 Å². The molecular weight excluding hydrogens is 199 g/mol. The third-order valence-corrected chi connectivity index (χ3v) is 2.84. The zero-order valence-electron chi connectivity index (χ0n) is 8.46. The second kappa shape index (κ2) is 5.86. The summed E-state index contributed by atoms with van der Waals surface area (Å²) in [7, 11) is 0. The van der Waals surface area contributed by atoms with Gasteiger partial charge in [-0.05, 0) is 24.8 Å². The third-order valence-electron chi connectivity index (χ3n) is 1.69. The summed E-state index contributed by atoms with van der Waals surface area (Å²) in [5.74, 6) is 2.58. The summed E-state index contributed by atoms with van der Waals surface area (Å²) in [5, 5.41) is 3.21. The van der Waals surface area contributed by atoms with Crippen molar-refractivity contribution < 1.29 is 4.39 Å². The molecule has 0 aliphatic carbocycles. The van der Waals surface area contributed by atoms with E-state index in [-0.39, 0.29) is 5.82 Å². The lowest BCUT2D eigenvalue weighted by atomic mass is 10.3. The summed E-state index contributed by atoms with van der Waals surface area (Å²) in [4.78, 5) is 3.93. The standard InChI is InChI=1S/C10H15FN2S/c1-3-14-7-8(2)13-10-5-4-9(11)6-12-10/h4-6,8H,3,7H2,1-2H3,(H,12,13). The molecule has 0 radical (unpaired) electrons. The quantitative estimate of drug-likeness (QED) is 0.815. The minimum Gasteiger partial charge on any atom is -0.367 e. The molecular formula is C10H15FN2S. The third kappa shape index (κ3) is 3.96. The van der Waals surface area contributed by atoms with Crippen LogP contribution >= 0.6 is 11.8 Å². The second-order valence-electron chi connectivity index (χ2n) is 3.07. The SMILES string of the molecule is CCSCC(C)Nc1ccc(F)cn1. The van der Waals surface area contributed by atoms with Gasteiger partial charge in [-0.15, -0.1) is 0 Å². The lowest BCUT2D eigenvalue weighted by Gasteiger charge is -2.13. The first-order valence-electron chi connectivity index (χ1n) is 4.68. The van der Waals surface area contributed by atoms with Crippen LogP contribution in [0.5, 0.6) is 0 Å². The van der Waals surface area contributed by atoms with Crippen molar-refractivity contribution in [1.82, 2.24) is 4.98 Å². The predicted octanol–water partition coefficient (Wildman–Crippen LogP) is 2.77. The van der Waals surface area contributed by atoms with Crippen LogP contribution in [-0.4, -0.2) is 22.5 Å². The molecule has 1 aromatic heterocycles. The zero-order chi connectivity index (χ0) is 10.4. The minimum absolute atomic E-state index is 0.300. The molecule has 1 N–H and O–H groups in total. The van der Waals surface area contributed by atoms with Crippen molar-refractivity contribution >= 4 is 17.6 Å². The van der Waals surface area contributed by atoms with Crippen LogP contribution in [0.4, 0.5) is 10.2 Å². The number of pyridine rings is 1. The molecule has 0 saturated carbocycles. The van der Waals surface area contributed by atoms with Crippen LogP contribution in [-0.2, 0) is 0 Å². The number of rotatable bonds is 5. The highest BCUT2D eigenvalue weighted by atomic mass is 32.2. The molecule has 1 heterocycles. The molecule has 78 valence electrons. The first kappa shape index (κ1) is 11.3. The zero-order valence-corrected chi connectivity index (χ0v) is 9.27. The van der Waals surface area contributed by atoms with Crippen molar-refractivity contribution in [2.24, 2.45) is 0 Å². The van der Waals surface area contributed by atoms with E-state index in [1.807, 2.05) is 11.8 Å². The highest BCUT2D eigenvalue weighted by Gasteiger charge is 2.02. The molecule has 0 bridgehead atoms. The first-order valence-corrected chi connectivity index (χ1v) is 5.83. The molecule has 14 heavy (non-hydrogen) atoms. The topological polar surface area (TPSA) is 24.9 Å². The summed E-state index contributed by atoms with van der Waals surface area (Å²) in [6.45, 7) is 4.22. The summed E-state index contributed by atoms with van der Waals surface area (Å²) >= 11 is 1.87. The largest absolute Gasteiger partial charge is 0.367 e. The minimum atomic E-state index is -0.300. The molecule has 0 aliphatic rings.